The van der Waals surface area contributed by atoms with Crippen molar-refractivity contribution in [2.75, 3.05) is 218 Å². The number of hydrogen-bond acceptors (Lipinski definition) is 30. The number of carbonyl (C=O) groups is 13. The van der Waals surface area contributed by atoms with Crippen LogP contribution in [0.4, 0.5) is 24.0 Å². The number of carbonyl (C=O) groups excluding carboxylic acids is 13. The van der Waals surface area contributed by atoms with Crippen LogP contribution in [0.25, 0.3) is 0 Å². The third-order valence-corrected chi connectivity index (χ3v) is 15.2. The maximum atomic E-state index is 12.5. The van der Waals surface area contributed by atoms with Crippen molar-refractivity contribution in [2.45, 2.75) is 181 Å². The number of methoxy groups -OCH3 is 3. The lowest BCUT2D eigenvalue weighted by Gasteiger charge is -2.18. The van der Waals surface area contributed by atoms with E-state index in [0.717, 1.165) is 38.7 Å². The van der Waals surface area contributed by atoms with Gasteiger partial charge in [-0.15, -0.1) is 0 Å². The molecule has 0 saturated carbocycles. The molecule has 0 aromatic heterocycles. The molecule has 0 aliphatic carbocycles. The van der Waals surface area contributed by atoms with Crippen LogP contribution in [0.3, 0.4) is 0 Å². The van der Waals surface area contributed by atoms with E-state index >= 15 is 0 Å². The van der Waals surface area contributed by atoms with Gasteiger partial charge in [-0.25, -0.2) is 24.0 Å². The van der Waals surface area contributed by atoms with E-state index in [-0.39, 0.29) is 152 Å². The van der Waals surface area contributed by atoms with Gasteiger partial charge in [0.25, 0.3) is 0 Å². The molecule has 0 rings (SSSR count). The van der Waals surface area contributed by atoms with Crippen LogP contribution in [0.2, 0.25) is 0 Å². The number of amides is 8. The maximum absolute atomic E-state index is 12.5. The number of rotatable bonds is 65. The summed E-state index contributed by atoms with van der Waals surface area (Å²) in [5.41, 5.74) is 0. The van der Waals surface area contributed by atoms with Crippen LogP contribution in [-0.4, -0.2) is 313 Å². The van der Waals surface area contributed by atoms with E-state index < -0.39 is 66.3 Å². The molecule has 0 aromatic rings. The van der Waals surface area contributed by atoms with Crippen molar-refractivity contribution in [3.63, 3.8) is 0 Å². The van der Waals surface area contributed by atoms with Crippen molar-refractivity contribution < 1.29 is 138 Å². The summed E-state index contributed by atoms with van der Waals surface area (Å²) in [5, 5.41) is 20.1. The lowest BCUT2D eigenvalue weighted by atomic mass is 10.1. The van der Waals surface area contributed by atoms with Gasteiger partial charge in [0.15, 0.2) is 23.1 Å². The number of hydrogen-bond donors (Lipinski definition) is 8. The molecule has 3 unspecified atom stereocenters. The monoisotopic (exact) mass is 1700 g/mol. The van der Waals surface area contributed by atoms with Crippen molar-refractivity contribution in [1.82, 2.24) is 42.5 Å². The molecular weight excluding hydrogens is 1540 g/mol. The SMILES string of the molecule is C.CCCOCCOC(=O)C(C)C.CCCOCCOC(=O)NC(COCCOC)C(=O)NCC(=O)C(C)C.CCCOCCOC(=O)NC(CSCCOC)C(=O)NCC(=O)C(C)C.CCCOCCOC(=O)NCCCCC(NC(=O)OCCOCCC)C(=O)NCC(=O)C(C)C.COCCOCCOC(=O)NCC(=O)C(C)C. The first-order valence-electron chi connectivity index (χ1n) is 39.7. The summed E-state index contributed by atoms with van der Waals surface area (Å²) >= 11 is 1.47. The largest absolute Gasteiger partial charge is 0.463 e. The first-order valence-corrected chi connectivity index (χ1v) is 40.9. The Labute approximate surface area is 694 Å². The van der Waals surface area contributed by atoms with Gasteiger partial charge in [0.2, 0.25) is 17.7 Å². The molecule has 8 amide bonds. The van der Waals surface area contributed by atoms with E-state index in [1.165, 1.54) is 18.9 Å². The molecule has 0 radical (unpaired) electrons. The minimum absolute atomic E-state index is 0. The zero-order chi connectivity index (χ0) is 87.7. The summed E-state index contributed by atoms with van der Waals surface area (Å²) in [4.78, 5) is 153. The molecule has 37 nitrogen and oxygen atoms in total. The molecular formula is C78H150N8O29S. The van der Waals surface area contributed by atoms with Crippen molar-refractivity contribution in [1.29, 1.82) is 0 Å². The smallest absolute Gasteiger partial charge is 0.407 e. The van der Waals surface area contributed by atoms with Crippen molar-refractivity contribution in [3.8, 4) is 0 Å². The Morgan fingerprint density at radius 1 is 0.293 bits per heavy atom. The number of ketones is 4. The Balaban J connectivity index is -0.000000337. The number of thioether (sulfide) groups is 1. The Kier molecular flexibility index (Phi) is 90.0. The van der Waals surface area contributed by atoms with Gasteiger partial charge in [0, 0.05) is 96.1 Å². The van der Waals surface area contributed by atoms with Crippen molar-refractivity contribution in [3.05, 3.63) is 0 Å². The van der Waals surface area contributed by atoms with Gasteiger partial charge in [-0.05, 0) is 51.4 Å². The fraction of sp³-hybridized carbons (Fsp3) is 0.833. The van der Waals surface area contributed by atoms with Gasteiger partial charge < -0.3 is 118 Å². The van der Waals surface area contributed by atoms with Gasteiger partial charge in [0.1, 0.15) is 57.8 Å². The molecule has 0 aliphatic heterocycles. The van der Waals surface area contributed by atoms with E-state index in [2.05, 4.69) is 42.5 Å². The van der Waals surface area contributed by atoms with E-state index in [1.54, 1.807) is 69.6 Å². The molecule has 0 aromatic carbocycles. The fourth-order valence-electron chi connectivity index (χ4n) is 7.32. The van der Waals surface area contributed by atoms with E-state index in [9.17, 15) is 62.3 Å². The Hall–Kier alpha value is -7.14. The average molecular weight is 1700 g/mol. The second-order valence-electron chi connectivity index (χ2n) is 26.3. The molecule has 8 N–H and O–H groups in total. The number of ether oxygens (including phenoxy) is 16. The highest BCUT2D eigenvalue weighted by molar-refractivity contribution is 7.99. The highest BCUT2D eigenvalue weighted by atomic mass is 32.2. The second kappa shape index (κ2) is 87.2. The number of unbranched alkanes of at least 4 members (excludes halogenated alkanes) is 1. The molecule has 38 heteroatoms. The van der Waals surface area contributed by atoms with Gasteiger partial charge >= 0.3 is 36.4 Å². The molecule has 116 heavy (non-hydrogen) atoms. The summed E-state index contributed by atoms with van der Waals surface area (Å²) in [6.07, 6.45) is 2.64. The predicted octanol–water partition coefficient (Wildman–Crippen LogP) is 6.76. The van der Waals surface area contributed by atoms with Crippen LogP contribution in [0, 0.1) is 29.6 Å². The number of esters is 1. The number of nitrogens with one attached hydrogen (secondary N) is 8. The Bertz CT molecular complexity index is 2430. The highest BCUT2D eigenvalue weighted by Crippen LogP contribution is 2.07. The topological polar surface area (TPSA) is 466 Å². The normalized spacial score (nSPS) is 11.3. The summed E-state index contributed by atoms with van der Waals surface area (Å²) < 4.78 is 80.7. The Morgan fingerprint density at radius 2 is 0.586 bits per heavy atom. The maximum Gasteiger partial charge on any atom is 0.407 e. The van der Waals surface area contributed by atoms with Crippen LogP contribution in [0.5, 0.6) is 0 Å². The van der Waals surface area contributed by atoms with Crippen LogP contribution in [0.15, 0.2) is 0 Å². The molecule has 0 aliphatic rings. The van der Waals surface area contributed by atoms with Gasteiger partial charge in [0.05, 0.1) is 111 Å². The van der Waals surface area contributed by atoms with Crippen LogP contribution in [-0.2, 0) is 114 Å². The zero-order valence-electron chi connectivity index (χ0n) is 72.2. The second-order valence-corrected chi connectivity index (χ2v) is 27.5. The molecule has 0 heterocycles. The predicted molar refractivity (Wildman–Crippen MR) is 438 cm³/mol. The summed E-state index contributed by atoms with van der Waals surface area (Å²) in [6.45, 7) is 36.0. The van der Waals surface area contributed by atoms with Crippen molar-refractivity contribution in [2.24, 2.45) is 29.6 Å². The van der Waals surface area contributed by atoms with E-state index in [4.69, 9.17) is 75.8 Å². The fourth-order valence-corrected chi connectivity index (χ4v) is 8.24. The highest BCUT2D eigenvalue weighted by Gasteiger charge is 2.26. The quantitative estimate of drug-likeness (QED) is 0.0177. The van der Waals surface area contributed by atoms with Gasteiger partial charge in [-0.1, -0.05) is 111 Å². The minimum Gasteiger partial charge on any atom is -0.463 e. The standard InChI is InChI=1S/C23H43N3O8.C17H32N2O7.C17H32N2O6S.C11H21NO5.C9H18O3.CH4/c1-5-11-31-13-15-33-22(29)24-10-8-7-9-19(21(28)25-17-20(27)18(3)4)26-23(30)34-16-14-32-12-6-2;1-5-6-24-9-10-26-17(22)19-14(12-25-8-7-23-4)16(21)18-11-15(20)13(2)3;1-5-6-24-7-8-25-17(22)19-14(12-26-10-9-23-4)16(21)18-11-15(20)13(2)3;1-9(2)10(13)8-12-11(14)17-7-6-16-5-4-15-3;1-4-5-11-6-7-12-9(10)8(2)3;/h18-19H,5-17H2,1-4H3,(H,24,29)(H,25,28)(H,26,30);2*13-14H,5-12H2,1-4H3,(H,18,21)(H,19,22);9H,4-8H2,1-3H3,(H,12,14);8H,4-7H2,1-3H3;1H4. The molecule has 0 saturated heterocycles. The third-order valence-electron chi connectivity index (χ3n) is 14.2. The van der Waals surface area contributed by atoms with Crippen LogP contribution < -0.4 is 42.5 Å². The average Bonchev–Trinajstić information content (AvgIpc) is 0.922. The molecule has 3 atom stereocenters. The molecule has 0 fully saturated rings. The number of Topliss-reactive ketones (excluding diaryl/α,β-unsaturated/α-hetero) is 4. The molecule has 0 spiro atoms. The van der Waals surface area contributed by atoms with Crippen LogP contribution in [0.1, 0.15) is 163 Å². The lowest BCUT2D eigenvalue weighted by Crippen LogP contribution is -2.51. The number of alkyl carbamates (subject to hydrolysis) is 5. The lowest BCUT2D eigenvalue weighted by molar-refractivity contribution is -0.149. The minimum atomic E-state index is -0.976. The van der Waals surface area contributed by atoms with Gasteiger partial charge in [-0.3, -0.25) is 38.4 Å². The summed E-state index contributed by atoms with van der Waals surface area (Å²) in [6, 6.07) is -2.64. The van der Waals surface area contributed by atoms with Crippen LogP contribution >= 0.6 is 11.8 Å². The Morgan fingerprint density at radius 3 is 0.940 bits per heavy atom. The third kappa shape index (κ3) is 83.4. The summed E-state index contributed by atoms with van der Waals surface area (Å²) in [5.74, 6) is -1.51. The first-order chi connectivity index (χ1) is 54.9. The molecule has 682 valence electrons. The first kappa shape index (κ1) is 120. The molecule has 0 bridgehead atoms. The van der Waals surface area contributed by atoms with E-state index in [0.29, 0.717) is 123 Å². The summed E-state index contributed by atoms with van der Waals surface area (Å²) in [7, 11) is 4.71. The van der Waals surface area contributed by atoms with Crippen molar-refractivity contribution >= 4 is 89.1 Å². The van der Waals surface area contributed by atoms with Gasteiger partial charge in [-0.2, -0.15) is 11.8 Å². The zero-order valence-corrected chi connectivity index (χ0v) is 73.1. The van der Waals surface area contributed by atoms with E-state index in [1.807, 2.05) is 48.5 Å².